The van der Waals surface area contributed by atoms with E-state index in [1.165, 1.54) is 6.92 Å². The molecule has 0 saturated carbocycles. The van der Waals surface area contributed by atoms with E-state index in [9.17, 15) is 4.79 Å². The van der Waals surface area contributed by atoms with Gasteiger partial charge in [0.25, 0.3) is 0 Å². The predicted octanol–water partition coefficient (Wildman–Crippen LogP) is 2.97. The minimum Gasteiger partial charge on any atom is -0.489 e. The molecule has 0 unspecified atom stereocenters. The highest BCUT2D eigenvalue weighted by Crippen LogP contribution is 2.17. The molecule has 0 spiro atoms. The molecule has 0 fully saturated rings. The van der Waals surface area contributed by atoms with Gasteiger partial charge >= 0.3 is 0 Å². The van der Waals surface area contributed by atoms with Gasteiger partial charge in [0.15, 0.2) is 0 Å². The molecule has 4 nitrogen and oxygen atoms in total. The maximum atomic E-state index is 11.0. The quantitative estimate of drug-likeness (QED) is 0.785. The molecule has 0 aliphatic carbocycles. The molecule has 0 aliphatic rings. The highest BCUT2D eigenvalue weighted by molar-refractivity contribution is 5.88. The summed E-state index contributed by atoms with van der Waals surface area (Å²) in [7, 11) is 0. The fourth-order valence-corrected chi connectivity index (χ4v) is 1.49. The van der Waals surface area contributed by atoms with Gasteiger partial charge in [-0.3, -0.25) is 4.79 Å². The molecule has 1 amide bonds. The average Bonchev–Trinajstić information content (AvgIpc) is 2.32. The van der Waals surface area contributed by atoms with Gasteiger partial charge in [-0.2, -0.15) is 0 Å². The molecule has 0 aliphatic heterocycles. The van der Waals surface area contributed by atoms with E-state index in [1.807, 2.05) is 18.2 Å². The summed E-state index contributed by atoms with van der Waals surface area (Å²) in [5.74, 6) is 0.620. The lowest BCUT2D eigenvalue weighted by molar-refractivity contribution is -0.114. The molecule has 20 heavy (non-hydrogen) atoms. The van der Waals surface area contributed by atoms with Crippen LogP contribution in [0.1, 0.15) is 27.7 Å². The monoisotopic (exact) mass is 276 g/mol. The topological polar surface area (TPSA) is 50.4 Å². The molecular weight excluding hydrogens is 252 g/mol. The first-order chi connectivity index (χ1) is 9.26. The first-order valence-electron chi connectivity index (χ1n) is 6.68. The second-order valence-electron chi connectivity index (χ2n) is 5.85. The van der Waals surface area contributed by atoms with Gasteiger partial charge < -0.3 is 15.4 Å². The Labute approximate surface area is 121 Å². The van der Waals surface area contributed by atoms with Gasteiger partial charge in [-0.1, -0.05) is 12.6 Å². The third-order valence-corrected chi connectivity index (χ3v) is 2.47. The molecule has 0 atom stereocenters. The van der Waals surface area contributed by atoms with Crippen molar-refractivity contribution < 1.29 is 9.53 Å². The average molecular weight is 276 g/mol. The number of carbonyl (C=O) groups is 1. The van der Waals surface area contributed by atoms with Crippen LogP contribution in [0.3, 0.4) is 0 Å². The number of rotatable bonds is 6. The van der Waals surface area contributed by atoms with Crippen molar-refractivity contribution in [2.45, 2.75) is 33.2 Å². The third kappa shape index (κ3) is 6.95. The van der Waals surface area contributed by atoms with Gasteiger partial charge in [-0.25, -0.2) is 0 Å². The van der Waals surface area contributed by atoms with E-state index in [1.54, 1.807) is 6.07 Å². The van der Waals surface area contributed by atoms with Crippen LogP contribution in [0.4, 0.5) is 5.69 Å². The Morgan fingerprint density at radius 1 is 1.35 bits per heavy atom. The van der Waals surface area contributed by atoms with Crippen molar-refractivity contribution in [3.05, 3.63) is 36.4 Å². The number of hydrogen-bond donors (Lipinski definition) is 2. The zero-order chi connectivity index (χ0) is 15.2. The van der Waals surface area contributed by atoms with E-state index in [2.05, 4.69) is 38.0 Å². The Hall–Kier alpha value is -1.81. The van der Waals surface area contributed by atoms with Gasteiger partial charge in [0.2, 0.25) is 5.91 Å². The highest BCUT2D eigenvalue weighted by Gasteiger charge is 2.09. The van der Waals surface area contributed by atoms with Crippen LogP contribution in [-0.2, 0) is 4.79 Å². The van der Waals surface area contributed by atoms with Gasteiger partial charge in [0.1, 0.15) is 12.4 Å². The first-order valence-corrected chi connectivity index (χ1v) is 6.68. The van der Waals surface area contributed by atoms with E-state index in [-0.39, 0.29) is 11.4 Å². The van der Waals surface area contributed by atoms with Gasteiger partial charge in [0, 0.05) is 30.8 Å². The van der Waals surface area contributed by atoms with Gasteiger partial charge in [-0.05, 0) is 38.5 Å². The van der Waals surface area contributed by atoms with Crippen LogP contribution in [-0.4, -0.2) is 24.6 Å². The summed E-state index contributed by atoms with van der Waals surface area (Å²) in [6.07, 6.45) is 0. The number of ether oxygens (including phenoxy) is 1. The Balaban J connectivity index is 2.45. The standard InChI is InChI=1S/C16H24N2O2/c1-12(10-17-16(3,4)5)11-20-15-8-6-7-14(9-15)18-13(2)19/h6-9,17H,1,10-11H2,2-5H3,(H,18,19). The lowest BCUT2D eigenvalue weighted by atomic mass is 10.1. The van der Waals surface area contributed by atoms with Crippen LogP contribution >= 0.6 is 0 Å². The molecule has 4 heteroatoms. The first kappa shape index (κ1) is 16.2. The van der Waals surface area contributed by atoms with Crippen LogP contribution in [0.25, 0.3) is 0 Å². The molecule has 2 N–H and O–H groups in total. The molecule has 0 heterocycles. The fraction of sp³-hybridized carbons (Fsp3) is 0.438. The van der Waals surface area contributed by atoms with Crippen molar-refractivity contribution in [3.63, 3.8) is 0 Å². The number of nitrogens with one attached hydrogen (secondary N) is 2. The molecule has 1 rings (SSSR count). The Kier molecular flexibility index (Phi) is 5.77. The SMILES string of the molecule is C=C(CNC(C)(C)C)COc1cccc(NC(C)=O)c1. The summed E-state index contributed by atoms with van der Waals surface area (Å²) in [5, 5.41) is 6.08. The summed E-state index contributed by atoms with van der Waals surface area (Å²) >= 11 is 0. The minimum atomic E-state index is -0.0964. The van der Waals surface area contributed by atoms with Gasteiger partial charge in [0.05, 0.1) is 0 Å². The number of anilines is 1. The summed E-state index contributed by atoms with van der Waals surface area (Å²) in [4.78, 5) is 11.0. The minimum absolute atomic E-state index is 0.0638. The van der Waals surface area contributed by atoms with E-state index in [4.69, 9.17) is 4.74 Å². The van der Waals surface area contributed by atoms with E-state index < -0.39 is 0 Å². The zero-order valence-electron chi connectivity index (χ0n) is 12.7. The summed E-state index contributed by atoms with van der Waals surface area (Å²) in [6.45, 7) is 13.0. The third-order valence-electron chi connectivity index (χ3n) is 2.47. The predicted molar refractivity (Wildman–Crippen MR) is 83.1 cm³/mol. The second kappa shape index (κ2) is 7.10. The molecule has 0 aromatic heterocycles. The number of benzene rings is 1. The van der Waals surface area contributed by atoms with Crippen molar-refractivity contribution in [1.82, 2.24) is 5.32 Å². The molecular formula is C16H24N2O2. The van der Waals surface area contributed by atoms with Crippen molar-refractivity contribution in [2.24, 2.45) is 0 Å². The summed E-state index contributed by atoms with van der Waals surface area (Å²) < 4.78 is 5.66. The normalized spacial score (nSPS) is 11.0. The molecule has 0 radical (unpaired) electrons. The van der Waals surface area contributed by atoms with Crippen LogP contribution in [0, 0.1) is 0 Å². The molecule has 1 aromatic carbocycles. The van der Waals surface area contributed by atoms with Crippen molar-refractivity contribution in [2.75, 3.05) is 18.5 Å². The summed E-state index contributed by atoms with van der Waals surface area (Å²) in [6, 6.07) is 7.32. The van der Waals surface area contributed by atoms with Crippen LogP contribution in [0.5, 0.6) is 5.75 Å². The van der Waals surface area contributed by atoms with Crippen molar-refractivity contribution in [3.8, 4) is 5.75 Å². The van der Waals surface area contributed by atoms with E-state index >= 15 is 0 Å². The van der Waals surface area contributed by atoms with Crippen LogP contribution < -0.4 is 15.4 Å². The second-order valence-corrected chi connectivity index (χ2v) is 5.85. The molecule has 1 aromatic rings. The Morgan fingerprint density at radius 3 is 2.65 bits per heavy atom. The van der Waals surface area contributed by atoms with Crippen molar-refractivity contribution >= 4 is 11.6 Å². The molecule has 0 bridgehead atoms. The van der Waals surface area contributed by atoms with Crippen molar-refractivity contribution in [1.29, 1.82) is 0 Å². The molecule has 0 saturated heterocycles. The lowest BCUT2D eigenvalue weighted by Gasteiger charge is -2.21. The number of hydrogen-bond acceptors (Lipinski definition) is 3. The maximum Gasteiger partial charge on any atom is 0.221 e. The fourth-order valence-electron chi connectivity index (χ4n) is 1.49. The lowest BCUT2D eigenvalue weighted by Crippen LogP contribution is -2.37. The number of carbonyl (C=O) groups excluding carboxylic acids is 1. The molecule has 110 valence electrons. The van der Waals surface area contributed by atoms with E-state index in [0.29, 0.717) is 12.4 Å². The smallest absolute Gasteiger partial charge is 0.221 e. The zero-order valence-corrected chi connectivity index (χ0v) is 12.7. The maximum absolute atomic E-state index is 11.0. The number of amides is 1. The largest absolute Gasteiger partial charge is 0.489 e. The Morgan fingerprint density at radius 2 is 2.05 bits per heavy atom. The highest BCUT2D eigenvalue weighted by atomic mass is 16.5. The summed E-state index contributed by atoms with van der Waals surface area (Å²) in [5.41, 5.74) is 1.77. The van der Waals surface area contributed by atoms with Crippen LogP contribution in [0.2, 0.25) is 0 Å². The Bertz CT molecular complexity index is 476. The van der Waals surface area contributed by atoms with E-state index in [0.717, 1.165) is 17.8 Å². The van der Waals surface area contributed by atoms with Crippen LogP contribution in [0.15, 0.2) is 36.4 Å². The van der Waals surface area contributed by atoms with Gasteiger partial charge in [-0.15, -0.1) is 0 Å².